The zero-order valence-electron chi connectivity index (χ0n) is 15.6. The fourth-order valence-corrected chi connectivity index (χ4v) is 3.64. The van der Waals surface area contributed by atoms with Crippen LogP contribution in [0.2, 0.25) is 0 Å². The summed E-state index contributed by atoms with van der Waals surface area (Å²) in [6.45, 7) is 4.62. The number of amides is 2. The Labute approximate surface area is 160 Å². The SMILES string of the molecule is CCC(C)OC(=O)CC1C(=O)NCCN1C(=S)NC(=O)C1CCCCC1. The number of thiocarbonyl (C=S) groups is 1. The van der Waals surface area contributed by atoms with Crippen molar-refractivity contribution in [2.24, 2.45) is 5.92 Å². The number of nitrogens with zero attached hydrogens (tertiary/aromatic N) is 1. The first-order valence-corrected chi connectivity index (χ1v) is 9.91. The summed E-state index contributed by atoms with van der Waals surface area (Å²) in [5.74, 6) is -0.810. The molecule has 2 aliphatic rings. The Kier molecular flexibility index (Phi) is 7.81. The fourth-order valence-electron chi connectivity index (χ4n) is 3.32. The minimum absolute atomic E-state index is 0.0193. The van der Waals surface area contributed by atoms with Crippen LogP contribution >= 0.6 is 12.2 Å². The molecule has 7 nitrogen and oxygen atoms in total. The van der Waals surface area contributed by atoms with E-state index in [1.807, 2.05) is 13.8 Å². The highest BCUT2D eigenvalue weighted by Crippen LogP contribution is 2.23. The molecular weight excluding hydrogens is 354 g/mol. The molecule has 1 saturated carbocycles. The van der Waals surface area contributed by atoms with Crippen molar-refractivity contribution in [3.05, 3.63) is 0 Å². The zero-order chi connectivity index (χ0) is 19.1. The Balaban J connectivity index is 1.96. The number of piperazine rings is 1. The maximum absolute atomic E-state index is 12.4. The van der Waals surface area contributed by atoms with Crippen LogP contribution in [0.5, 0.6) is 0 Å². The average Bonchev–Trinajstić information content (AvgIpc) is 2.63. The Bertz CT molecular complexity index is 549. The second kappa shape index (κ2) is 9.85. The Hall–Kier alpha value is -1.70. The van der Waals surface area contributed by atoms with Gasteiger partial charge in [-0.2, -0.15) is 0 Å². The molecule has 1 heterocycles. The van der Waals surface area contributed by atoms with Gasteiger partial charge in [-0.3, -0.25) is 14.4 Å². The van der Waals surface area contributed by atoms with E-state index in [4.69, 9.17) is 17.0 Å². The first-order valence-electron chi connectivity index (χ1n) is 9.51. The molecule has 2 unspecified atom stereocenters. The van der Waals surface area contributed by atoms with Gasteiger partial charge in [-0.05, 0) is 38.4 Å². The fraction of sp³-hybridized carbons (Fsp3) is 0.778. The Morgan fingerprint density at radius 2 is 2.04 bits per heavy atom. The number of nitrogens with one attached hydrogen (secondary N) is 2. The van der Waals surface area contributed by atoms with Gasteiger partial charge >= 0.3 is 5.97 Å². The summed E-state index contributed by atoms with van der Waals surface area (Å²) in [4.78, 5) is 38.4. The van der Waals surface area contributed by atoms with Crippen LogP contribution in [0.1, 0.15) is 58.8 Å². The monoisotopic (exact) mass is 383 g/mol. The predicted octanol–water partition coefficient (Wildman–Crippen LogP) is 1.50. The minimum Gasteiger partial charge on any atom is -0.463 e. The van der Waals surface area contributed by atoms with Crippen LogP contribution in [-0.2, 0) is 19.1 Å². The Morgan fingerprint density at radius 1 is 1.35 bits per heavy atom. The highest BCUT2D eigenvalue weighted by atomic mass is 32.1. The second-order valence-corrected chi connectivity index (χ2v) is 7.43. The molecule has 2 amide bonds. The molecule has 2 N–H and O–H groups in total. The average molecular weight is 384 g/mol. The third-order valence-corrected chi connectivity index (χ3v) is 5.40. The highest BCUT2D eigenvalue weighted by Gasteiger charge is 2.35. The molecule has 8 heteroatoms. The van der Waals surface area contributed by atoms with Crippen LogP contribution in [0.4, 0.5) is 0 Å². The van der Waals surface area contributed by atoms with E-state index in [-0.39, 0.29) is 35.4 Å². The third-order valence-electron chi connectivity index (χ3n) is 5.07. The van der Waals surface area contributed by atoms with Crippen LogP contribution in [0.15, 0.2) is 0 Å². The molecule has 2 rings (SSSR count). The number of esters is 1. The summed E-state index contributed by atoms with van der Waals surface area (Å²) in [5, 5.41) is 5.75. The molecule has 0 bridgehead atoms. The molecule has 0 aromatic rings. The minimum atomic E-state index is -0.750. The van der Waals surface area contributed by atoms with Gasteiger partial charge in [-0.1, -0.05) is 26.2 Å². The van der Waals surface area contributed by atoms with E-state index in [2.05, 4.69) is 10.6 Å². The van der Waals surface area contributed by atoms with Crippen molar-refractivity contribution in [2.45, 2.75) is 70.9 Å². The van der Waals surface area contributed by atoms with Crippen LogP contribution < -0.4 is 10.6 Å². The molecule has 0 spiro atoms. The van der Waals surface area contributed by atoms with E-state index in [0.717, 1.165) is 25.7 Å². The topological polar surface area (TPSA) is 87.7 Å². The number of hydrogen-bond donors (Lipinski definition) is 2. The van der Waals surface area contributed by atoms with Crippen LogP contribution in [-0.4, -0.2) is 53.0 Å². The molecule has 1 aliphatic heterocycles. The maximum atomic E-state index is 12.4. The summed E-state index contributed by atoms with van der Waals surface area (Å²) < 4.78 is 5.28. The van der Waals surface area contributed by atoms with Gasteiger partial charge in [0.1, 0.15) is 6.04 Å². The molecule has 146 valence electrons. The van der Waals surface area contributed by atoms with E-state index in [1.165, 1.54) is 6.42 Å². The van der Waals surface area contributed by atoms with Gasteiger partial charge in [0.2, 0.25) is 11.8 Å². The molecule has 1 saturated heterocycles. The first kappa shape index (κ1) is 20.6. The number of rotatable bonds is 5. The molecule has 2 fully saturated rings. The van der Waals surface area contributed by atoms with Crippen molar-refractivity contribution < 1.29 is 19.1 Å². The van der Waals surface area contributed by atoms with Gasteiger partial charge in [0, 0.05) is 19.0 Å². The summed E-state index contributed by atoms with van der Waals surface area (Å²) in [5.41, 5.74) is 0. The second-order valence-electron chi connectivity index (χ2n) is 7.04. The van der Waals surface area contributed by atoms with Crippen molar-refractivity contribution in [3.63, 3.8) is 0 Å². The van der Waals surface area contributed by atoms with E-state index in [1.54, 1.807) is 4.90 Å². The lowest BCUT2D eigenvalue weighted by Gasteiger charge is -2.36. The van der Waals surface area contributed by atoms with Gasteiger partial charge in [0.15, 0.2) is 5.11 Å². The lowest BCUT2D eigenvalue weighted by Crippen LogP contribution is -2.60. The van der Waals surface area contributed by atoms with Crippen molar-refractivity contribution in [1.82, 2.24) is 15.5 Å². The number of hydrogen-bond acceptors (Lipinski definition) is 5. The molecule has 0 radical (unpaired) electrons. The largest absolute Gasteiger partial charge is 0.463 e. The quantitative estimate of drug-likeness (QED) is 0.553. The molecule has 0 aromatic heterocycles. The third kappa shape index (κ3) is 5.65. The normalized spacial score (nSPS) is 22.3. The van der Waals surface area contributed by atoms with Crippen LogP contribution in [0.3, 0.4) is 0 Å². The van der Waals surface area contributed by atoms with Crippen molar-refractivity contribution in [1.29, 1.82) is 0 Å². The van der Waals surface area contributed by atoms with Crippen molar-refractivity contribution >= 4 is 35.1 Å². The lowest BCUT2D eigenvalue weighted by atomic mass is 9.89. The molecular formula is C18H29N3O4S. The van der Waals surface area contributed by atoms with E-state index >= 15 is 0 Å². The highest BCUT2D eigenvalue weighted by molar-refractivity contribution is 7.80. The summed E-state index contributed by atoms with van der Waals surface area (Å²) in [6, 6.07) is -0.750. The van der Waals surface area contributed by atoms with E-state index < -0.39 is 12.0 Å². The van der Waals surface area contributed by atoms with Gasteiger partial charge in [0.05, 0.1) is 12.5 Å². The summed E-state index contributed by atoms with van der Waals surface area (Å²) in [6.07, 6.45) is 5.46. The predicted molar refractivity (Wildman–Crippen MR) is 101 cm³/mol. The number of carbonyl (C=O) groups excluding carboxylic acids is 3. The number of carbonyl (C=O) groups is 3. The van der Waals surface area contributed by atoms with Crippen LogP contribution in [0, 0.1) is 5.92 Å². The first-order chi connectivity index (χ1) is 12.4. The van der Waals surface area contributed by atoms with Gasteiger partial charge in [0.25, 0.3) is 0 Å². The standard InChI is InChI=1S/C18H29N3O4S/c1-3-12(2)25-15(22)11-14-17(24)19-9-10-21(14)18(26)20-16(23)13-7-5-4-6-8-13/h12-14H,3-11H2,1-2H3,(H,19,24)(H,20,23,26). The van der Waals surface area contributed by atoms with Crippen molar-refractivity contribution in [2.75, 3.05) is 13.1 Å². The van der Waals surface area contributed by atoms with Gasteiger partial charge in [-0.15, -0.1) is 0 Å². The lowest BCUT2D eigenvalue weighted by molar-refractivity contribution is -0.151. The molecule has 1 aliphatic carbocycles. The maximum Gasteiger partial charge on any atom is 0.308 e. The summed E-state index contributed by atoms with van der Waals surface area (Å²) >= 11 is 5.37. The summed E-state index contributed by atoms with van der Waals surface area (Å²) in [7, 11) is 0. The van der Waals surface area contributed by atoms with Gasteiger partial charge in [-0.25, -0.2) is 0 Å². The zero-order valence-corrected chi connectivity index (χ0v) is 16.4. The molecule has 26 heavy (non-hydrogen) atoms. The molecule has 2 atom stereocenters. The smallest absolute Gasteiger partial charge is 0.308 e. The van der Waals surface area contributed by atoms with E-state index in [9.17, 15) is 14.4 Å². The van der Waals surface area contributed by atoms with Crippen molar-refractivity contribution in [3.8, 4) is 0 Å². The van der Waals surface area contributed by atoms with Crippen LogP contribution in [0.25, 0.3) is 0 Å². The number of ether oxygens (including phenoxy) is 1. The van der Waals surface area contributed by atoms with Gasteiger partial charge < -0.3 is 20.3 Å². The van der Waals surface area contributed by atoms with E-state index in [0.29, 0.717) is 19.5 Å². The Morgan fingerprint density at radius 3 is 2.69 bits per heavy atom. The molecule has 0 aromatic carbocycles.